The second-order valence-corrected chi connectivity index (χ2v) is 9.34. The lowest BCUT2D eigenvalue weighted by molar-refractivity contribution is -0.115. The molecular weight excluding hydrogens is 500 g/mol. The molecule has 0 radical (unpaired) electrons. The van der Waals surface area contributed by atoms with Gasteiger partial charge in [-0.2, -0.15) is 0 Å². The molecule has 4 aromatic carbocycles. The Labute approximate surface area is 224 Å². The number of thioether (sulfide) groups is 1. The van der Waals surface area contributed by atoms with Gasteiger partial charge in [0.05, 0.1) is 23.4 Å². The van der Waals surface area contributed by atoms with E-state index in [-0.39, 0.29) is 17.0 Å². The Hall–Kier alpha value is -4.56. The van der Waals surface area contributed by atoms with Gasteiger partial charge in [-0.05, 0) is 55.0 Å². The van der Waals surface area contributed by atoms with Crippen molar-refractivity contribution < 1.29 is 24.2 Å². The van der Waals surface area contributed by atoms with Crippen LogP contribution >= 0.6 is 11.8 Å². The van der Waals surface area contributed by atoms with Gasteiger partial charge in [-0.15, -0.1) is 11.8 Å². The van der Waals surface area contributed by atoms with Crippen LogP contribution in [0.2, 0.25) is 0 Å². The van der Waals surface area contributed by atoms with Gasteiger partial charge in [-0.1, -0.05) is 60.7 Å². The molecule has 0 heterocycles. The van der Waals surface area contributed by atoms with Gasteiger partial charge in [-0.25, -0.2) is 4.79 Å². The summed E-state index contributed by atoms with van der Waals surface area (Å²) in [4.78, 5) is 38.6. The van der Waals surface area contributed by atoms with Crippen molar-refractivity contribution in [1.29, 1.82) is 0 Å². The predicted molar refractivity (Wildman–Crippen MR) is 149 cm³/mol. The van der Waals surface area contributed by atoms with Crippen molar-refractivity contribution in [3.63, 3.8) is 0 Å². The number of hydrogen-bond acceptors (Lipinski definition) is 5. The van der Waals surface area contributed by atoms with E-state index in [0.29, 0.717) is 23.7 Å². The molecule has 3 N–H and O–H groups in total. The number of anilines is 2. The lowest BCUT2D eigenvalue weighted by Gasteiger charge is -2.19. The lowest BCUT2D eigenvalue weighted by Crippen LogP contribution is -2.19. The monoisotopic (exact) mass is 526 g/mol. The molecule has 38 heavy (non-hydrogen) atoms. The molecule has 2 amide bonds. The minimum atomic E-state index is -1.18. The van der Waals surface area contributed by atoms with Crippen LogP contribution in [0, 0.1) is 0 Å². The van der Waals surface area contributed by atoms with Crippen LogP contribution in [0.4, 0.5) is 11.4 Å². The Balaban J connectivity index is 1.57. The molecule has 0 saturated carbocycles. The Morgan fingerprint density at radius 3 is 2.24 bits per heavy atom. The van der Waals surface area contributed by atoms with Crippen molar-refractivity contribution in [1.82, 2.24) is 0 Å². The molecule has 0 aliphatic rings. The first kappa shape index (κ1) is 26.5. The van der Waals surface area contributed by atoms with E-state index < -0.39 is 17.1 Å². The zero-order valence-electron chi connectivity index (χ0n) is 20.6. The second-order valence-electron chi connectivity index (χ2n) is 8.16. The van der Waals surface area contributed by atoms with Crippen LogP contribution < -0.4 is 15.4 Å². The first-order valence-electron chi connectivity index (χ1n) is 11.9. The SMILES string of the molecule is CCOc1ccccc1NC(=O)C(Sc1cccc(NC(=O)c2ccccc2C(=O)O)c1)c1ccccc1. The third kappa shape index (κ3) is 6.60. The number of rotatable bonds is 10. The van der Waals surface area contributed by atoms with E-state index in [1.165, 1.54) is 23.9 Å². The summed E-state index contributed by atoms with van der Waals surface area (Å²) in [5, 5.41) is 14.6. The Kier molecular flexibility index (Phi) is 8.79. The molecule has 0 bridgehead atoms. The second kappa shape index (κ2) is 12.6. The third-order valence-corrected chi connectivity index (χ3v) is 6.78. The van der Waals surface area contributed by atoms with Crippen molar-refractivity contribution in [2.45, 2.75) is 17.1 Å². The predicted octanol–water partition coefficient (Wildman–Crippen LogP) is 6.51. The average molecular weight is 527 g/mol. The van der Waals surface area contributed by atoms with Crippen molar-refractivity contribution in [2.75, 3.05) is 17.2 Å². The van der Waals surface area contributed by atoms with Gasteiger partial charge in [0, 0.05) is 10.6 Å². The summed E-state index contributed by atoms with van der Waals surface area (Å²) in [6.07, 6.45) is 0. The number of aromatic carboxylic acids is 1. The number of carbonyl (C=O) groups is 3. The topological polar surface area (TPSA) is 105 Å². The number of hydrogen-bond donors (Lipinski definition) is 3. The van der Waals surface area contributed by atoms with E-state index in [9.17, 15) is 19.5 Å². The zero-order chi connectivity index (χ0) is 26.9. The molecule has 1 atom stereocenters. The van der Waals surface area contributed by atoms with E-state index in [2.05, 4.69) is 10.6 Å². The Morgan fingerprint density at radius 2 is 1.50 bits per heavy atom. The number of para-hydroxylation sites is 2. The summed E-state index contributed by atoms with van der Waals surface area (Å²) < 4.78 is 5.66. The van der Waals surface area contributed by atoms with E-state index in [0.717, 1.165) is 10.5 Å². The number of benzene rings is 4. The molecular formula is C30H26N2O5S. The van der Waals surface area contributed by atoms with E-state index >= 15 is 0 Å². The number of carboxylic acid groups (broad SMARTS) is 1. The molecule has 0 aromatic heterocycles. The van der Waals surface area contributed by atoms with Crippen molar-refractivity contribution in [3.8, 4) is 5.75 Å². The maximum Gasteiger partial charge on any atom is 0.336 e. The van der Waals surface area contributed by atoms with Crippen LogP contribution in [-0.2, 0) is 4.79 Å². The fourth-order valence-electron chi connectivity index (χ4n) is 3.80. The van der Waals surface area contributed by atoms with Crippen molar-refractivity contribution in [2.24, 2.45) is 0 Å². The smallest absolute Gasteiger partial charge is 0.336 e. The van der Waals surface area contributed by atoms with Crippen molar-refractivity contribution in [3.05, 3.63) is 120 Å². The van der Waals surface area contributed by atoms with Crippen LogP contribution in [0.25, 0.3) is 0 Å². The molecule has 0 fully saturated rings. The number of ether oxygens (including phenoxy) is 1. The molecule has 7 nitrogen and oxygen atoms in total. The molecule has 4 rings (SSSR count). The summed E-state index contributed by atoms with van der Waals surface area (Å²) in [6, 6.07) is 29.8. The first-order valence-corrected chi connectivity index (χ1v) is 12.8. The largest absolute Gasteiger partial charge is 0.492 e. The van der Waals surface area contributed by atoms with Gasteiger partial charge < -0.3 is 20.5 Å². The van der Waals surface area contributed by atoms with Crippen LogP contribution in [0.15, 0.2) is 108 Å². The first-order chi connectivity index (χ1) is 18.5. The highest BCUT2D eigenvalue weighted by atomic mass is 32.2. The maximum absolute atomic E-state index is 13.5. The summed E-state index contributed by atoms with van der Waals surface area (Å²) in [5.74, 6) is -1.34. The summed E-state index contributed by atoms with van der Waals surface area (Å²) >= 11 is 1.34. The lowest BCUT2D eigenvalue weighted by atomic mass is 10.1. The summed E-state index contributed by atoms with van der Waals surface area (Å²) in [7, 11) is 0. The van der Waals surface area contributed by atoms with Gasteiger partial charge in [0.1, 0.15) is 11.0 Å². The fourth-order valence-corrected chi connectivity index (χ4v) is 4.88. The average Bonchev–Trinajstić information content (AvgIpc) is 2.93. The molecule has 192 valence electrons. The normalized spacial score (nSPS) is 11.3. The molecule has 0 aliphatic heterocycles. The molecule has 4 aromatic rings. The highest BCUT2D eigenvalue weighted by Gasteiger charge is 2.24. The van der Waals surface area contributed by atoms with Crippen molar-refractivity contribution >= 4 is 40.9 Å². The fraction of sp³-hybridized carbons (Fsp3) is 0.100. The number of amides is 2. The minimum absolute atomic E-state index is 0.0626. The Bertz CT molecular complexity index is 1440. The van der Waals surface area contributed by atoms with Crippen LogP contribution in [0.5, 0.6) is 5.75 Å². The summed E-state index contributed by atoms with van der Waals surface area (Å²) in [5.41, 5.74) is 1.86. The maximum atomic E-state index is 13.5. The number of carboxylic acids is 1. The van der Waals surface area contributed by atoms with Gasteiger partial charge in [0.15, 0.2) is 0 Å². The third-order valence-electron chi connectivity index (χ3n) is 5.53. The highest BCUT2D eigenvalue weighted by molar-refractivity contribution is 8.00. The molecule has 0 saturated heterocycles. The summed E-state index contributed by atoms with van der Waals surface area (Å²) in [6.45, 7) is 2.35. The van der Waals surface area contributed by atoms with E-state index in [1.54, 1.807) is 42.5 Å². The van der Waals surface area contributed by atoms with Gasteiger partial charge in [-0.3, -0.25) is 9.59 Å². The van der Waals surface area contributed by atoms with Crippen LogP contribution in [0.1, 0.15) is 38.5 Å². The highest BCUT2D eigenvalue weighted by Crippen LogP contribution is 2.38. The number of nitrogens with one attached hydrogen (secondary N) is 2. The van der Waals surface area contributed by atoms with Gasteiger partial charge in [0.25, 0.3) is 5.91 Å². The molecule has 0 spiro atoms. The van der Waals surface area contributed by atoms with Gasteiger partial charge in [0.2, 0.25) is 5.91 Å². The number of carbonyl (C=O) groups excluding carboxylic acids is 2. The van der Waals surface area contributed by atoms with Gasteiger partial charge >= 0.3 is 5.97 Å². The molecule has 8 heteroatoms. The zero-order valence-corrected chi connectivity index (χ0v) is 21.4. The standard InChI is InChI=1S/C30H26N2O5S/c1-2-37-26-18-9-8-17-25(26)32-29(34)27(20-11-4-3-5-12-20)38-22-14-10-13-21(19-22)31-28(33)23-15-6-7-16-24(23)30(35)36/h3-19,27H,2H2,1H3,(H,31,33)(H,32,34)(H,35,36). The van der Waals surface area contributed by atoms with Crippen LogP contribution in [0.3, 0.4) is 0 Å². The van der Waals surface area contributed by atoms with E-state index in [4.69, 9.17) is 4.74 Å². The molecule has 1 unspecified atom stereocenters. The minimum Gasteiger partial charge on any atom is -0.492 e. The Morgan fingerprint density at radius 1 is 0.816 bits per heavy atom. The molecule has 0 aliphatic carbocycles. The quantitative estimate of drug-likeness (QED) is 0.204. The van der Waals surface area contributed by atoms with Crippen LogP contribution in [-0.4, -0.2) is 29.5 Å². The van der Waals surface area contributed by atoms with E-state index in [1.807, 2.05) is 55.5 Å².